The summed E-state index contributed by atoms with van der Waals surface area (Å²) in [7, 11) is 0. The summed E-state index contributed by atoms with van der Waals surface area (Å²) in [5.74, 6) is 1.06. The van der Waals surface area contributed by atoms with Crippen molar-refractivity contribution in [2.24, 2.45) is 11.8 Å². The van der Waals surface area contributed by atoms with E-state index in [0.717, 1.165) is 19.4 Å². The molecule has 0 aliphatic carbocycles. The quantitative estimate of drug-likeness (QED) is 0.851. The first kappa shape index (κ1) is 14.8. The van der Waals surface area contributed by atoms with E-state index in [-0.39, 0.29) is 24.2 Å². The highest BCUT2D eigenvalue weighted by molar-refractivity contribution is 5.85. The van der Waals surface area contributed by atoms with E-state index in [1.54, 1.807) is 0 Å². The summed E-state index contributed by atoms with van der Waals surface area (Å²) in [6.45, 7) is 11.5. The molecule has 0 spiro atoms. The zero-order valence-corrected chi connectivity index (χ0v) is 12.8. The van der Waals surface area contributed by atoms with Crippen LogP contribution in [0.2, 0.25) is 0 Å². The fraction of sp³-hybridized carbons (Fsp3) is 0.933. The number of amides is 1. The third kappa shape index (κ3) is 2.95. The summed E-state index contributed by atoms with van der Waals surface area (Å²) in [5.41, 5.74) is 0. The highest BCUT2D eigenvalue weighted by Gasteiger charge is 2.45. The van der Waals surface area contributed by atoms with Crippen LogP contribution in [0.1, 0.15) is 47.5 Å². The van der Waals surface area contributed by atoms with Crippen LogP contribution in [-0.4, -0.2) is 41.8 Å². The van der Waals surface area contributed by atoms with Crippen LogP contribution >= 0.6 is 0 Å². The molecule has 19 heavy (non-hydrogen) atoms. The molecule has 1 N–H and O–H groups in total. The molecule has 2 aliphatic rings. The van der Waals surface area contributed by atoms with Crippen molar-refractivity contribution in [3.63, 3.8) is 0 Å². The van der Waals surface area contributed by atoms with E-state index in [1.807, 2.05) is 0 Å². The van der Waals surface area contributed by atoms with E-state index in [4.69, 9.17) is 4.74 Å². The Morgan fingerprint density at radius 3 is 2.47 bits per heavy atom. The molecule has 2 fully saturated rings. The average Bonchev–Trinajstić information content (AvgIpc) is 2.67. The molecule has 4 atom stereocenters. The summed E-state index contributed by atoms with van der Waals surface area (Å²) < 4.78 is 5.61. The van der Waals surface area contributed by atoms with Crippen LogP contribution in [-0.2, 0) is 9.53 Å². The van der Waals surface area contributed by atoms with E-state index in [1.165, 1.54) is 0 Å². The first-order valence-corrected chi connectivity index (χ1v) is 7.61. The molecule has 4 unspecified atom stereocenters. The van der Waals surface area contributed by atoms with E-state index in [9.17, 15) is 4.79 Å². The van der Waals surface area contributed by atoms with Gasteiger partial charge in [-0.15, -0.1) is 0 Å². The predicted octanol–water partition coefficient (Wildman–Crippen LogP) is 1.99. The molecule has 0 aromatic rings. The normalized spacial score (nSPS) is 36.6. The molecule has 2 rings (SSSR count). The molecule has 0 aromatic carbocycles. The van der Waals surface area contributed by atoms with Gasteiger partial charge in [0.2, 0.25) is 5.91 Å². The van der Waals surface area contributed by atoms with Gasteiger partial charge in [-0.3, -0.25) is 10.1 Å². The fourth-order valence-corrected chi connectivity index (χ4v) is 3.26. The molecule has 1 amide bonds. The highest BCUT2D eigenvalue weighted by Crippen LogP contribution is 2.29. The van der Waals surface area contributed by atoms with Gasteiger partial charge in [0.15, 0.2) is 0 Å². The number of carbonyl (C=O) groups excluding carboxylic acids is 1. The molecule has 0 radical (unpaired) electrons. The van der Waals surface area contributed by atoms with Crippen molar-refractivity contribution in [1.29, 1.82) is 0 Å². The Kier molecular flexibility index (Phi) is 4.51. The maximum Gasteiger partial charge on any atom is 0.241 e. The standard InChI is InChI=1S/C15H28N2O2/c1-9(2)13-15(18)17(14(16-13)10(3)4)12-6-7-19-11(5)8-12/h9-14,16H,6-8H2,1-5H3. The van der Waals surface area contributed by atoms with Crippen molar-refractivity contribution in [3.8, 4) is 0 Å². The SMILES string of the molecule is CC1CC(N2C(=O)C(C(C)C)NC2C(C)C)CCO1. The van der Waals surface area contributed by atoms with Gasteiger partial charge in [-0.05, 0) is 31.6 Å². The minimum absolute atomic E-state index is 0.0226. The summed E-state index contributed by atoms with van der Waals surface area (Å²) in [6.07, 6.45) is 2.36. The number of nitrogens with zero attached hydrogens (tertiary/aromatic N) is 1. The van der Waals surface area contributed by atoms with Gasteiger partial charge in [-0.25, -0.2) is 0 Å². The van der Waals surface area contributed by atoms with E-state index < -0.39 is 0 Å². The van der Waals surface area contributed by atoms with Crippen molar-refractivity contribution < 1.29 is 9.53 Å². The number of rotatable bonds is 3. The monoisotopic (exact) mass is 268 g/mol. The lowest BCUT2D eigenvalue weighted by Gasteiger charge is -2.38. The minimum atomic E-state index is -0.0226. The number of carbonyl (C=O) groups is 1. The van der Waals surface area contributed by atoms with Gasteiger partial charge in [0.25, 0.3) is 0 Å². The molecule has 4 nitrogen and oxygen atoms in total. The molecule has 2 aliphatic heterocycles. The van der Waals surface area contributed by atoms with Crippen LogP contribution in [0.25, 0.3) is 0 Å². The first-order valence-electron chi connectivity index (χ1n) is 7.61. The minimum Gasteiger partial charge on any atom is -0.378 e. The Balaban J connectivity index is 2.17. The van der Waals surface area contributed by atoms with Crippen LogP contribution in [0.15, 0.2) is 0 Å². The highest BCUT2D eigenvalue weighted by atomic mass is 16.5. The second-order valence-electron chi connectivity index (χ2n) is 6.68. The largest absolute Gasteiger partial charge is 0.378 e. The van der Waals surface area contributed by atoms with Crippen molar-refractivity contribution in [3.05, 3.63) is 0 Å². The lowest BCUT2D eigenvalue weighted by molar-refractivity contribution is -0.136. The Bertz CT molecular complexity index is 330. The Hall–Kier alpha value is -0.610. The van der Waals surface area contributed by atoms with E-state index >= 15 is 0 Å². The second kappa shape index (κ2) is 5.80. The molecular formula is C15H28N2O2. The first-order chi connectivity index (χ1) is 8.91. The molecule has 0 aromatic heterocycles. The third-order valence-corrected chi connectivity index (χ3v) is 4.32. The van der Waals surface area contributed by atoms with Gasteiger partial charge in [0.05, 0.1) is 18.3 Å². The second-order valence-corrected chi connectivity index (χ2v) is 6.68. The van der Waals surface area contributed by atoms with Gasteiger partial charge in [0.1, 0.15) is 0 Å². The van der Waals surface area contributed by atoms with E-state index in [0.29, 0.717) is 17.9 Å². The van der Waals surface area contributed by atoms with Gasteiger partial charge in [0, 0.05) is 12.6 Å². The van der Waals surface area contributed by atoms with E-state index in [2.05, 4.69) is 44.8 Å². The van der Waals surface area contributed by atoms with Gasteiger partial charge < -0.3 is 9.64 Å². The number of nitrogens with one attached hydrogen (secondary N) is 1. The third-order valence-electron chi connectivity index (χ3n) is 4.32. The van der Waals surface area contributed by atoms with Crippen LogP contribution in [0, 0.1) is 11.8 Å². The lowest BCUT2D eigenvalue weighted by Crippen LogP contribution is -2.50. The van der Waals surface area contributed by atoms with Crippen LogP contribution in [0.4, 0.5) is 0 Å². The van der Waals surface area contributed by atoms with Crippen molar-refractivity contribution in [2.75, 3.05) is 6.61 Å². The van der Waals surface area contributed by atoms with Crippen LogP contribution < -0.4 is 5.32 Å². The number of hydrogen-bond acceptors (Lipinski definition) is 3. The van der Waals surface area contributed by atoms with Gasteiger partial charge in [-0.2, -0.15) is 0 Å². The van der Waals surface area contributed by atoms with Crippen molar-refractivity contribution in [1.82, 2.24) is 10.2 Å². The lowest BCUT2D eigenvalue weighted by atomic mass is 9.99. The smallest absolute Gasteiger partial charge is 0.241 e. The zero-order chi connectivity index (χ0) is 14.2. The van der Waals surface area contributed by atoms with Crippen molar-refractivity contribution >= 4 is 5.91 Å². The number of ether oxygens (including phenoxy) is 1. The summed E-state index contributed by atoms with van der Waals surface area (Å²) in [5, 5.41) is 3.54. The maximum atomic E-state index is 12.7. The fourth-order valence-electron chi connectivity index (χ4n) is 3.26. The summed E-state index contributed by atoms with van der Waals surface area (Å²) in [4.78, 5) is 14.8. The Morgan fingerprint density at radius 1 is 1.26 bits per heavy atom. The van der Waals surface area contributed by atoms with Crippen molar-refractivity contribution in [2.45, 2.75) is 71.8 Å². The summed E-state index contributed by atoms with van der Waals surface area (Å²) in [6, 6.07) is 0.311. The van der Waals surface area contributed by atoms with Gasteiger partial charge in [-0.1, -0.05) is 27.7 Å². The predicted molar refractivity (Wildman–Crippen MR) is 75.7 cm³/mol. The zero-order valence-electron chi connectivity index (χ0n) is 12.8. The molecule has 2 saturated heterocycles. The topological polar surface area (TPSA) is 41.6 Å². The average molecular weight is 268 g/mol. The van der Waals surface area contributed by atoms with Crippen LogP contribution in [0.5, 0.6) is 0 Å². The van der Waals surface area contributed by atoms with Gasteiger partial charge >= 0.3 is 0 Å². The number of hydrogen-bond donors (Lipinski definition) is 1. The maximum absolute atomic E-state index is 12.7. The molecule has 0 saturated carbocycles. The molecular weight excluding hydrogens is 240 g/mol. The molecule has 2 heterocycles. The molecule has 110 valence electrons. The molecule has 4 heteroatoms. The Labute approximate surface area is 116 Å². The molecule has 0 bridgehead atoms. The Morgan fingerprint density at radius 2 is 1.95 bits per heavy atom. The van der Waals surface area contributed by atoms with Crippen LogP contribution in [0.3, 0.4) is 0 Å². The summed E-state index contributed by atoms with van der Waals surface area (Å²) >= 11 is 0.